The maximum absolute atomic E-state index is 2.61. The smallest absolute Gasteiger partial charge is 0.00984 e. The molecule has 1 rings (SSSR count). The average molecular weight is 187 g/mol. The Balaban J connectivity index is 0. The summed E-state index contributed by atoms with van der Waals surface area (Å²) in [5.41, 5.74) is 0. The highest BCUT2D eigenvalue weighted by Crippen LogP contribution is 2.33. The molecule has 1 heteroatoms. The Morgan fingerprint density at radius 3 is 1.31 bits per heavy atom. The molecular weight excluding hydrogens is 158 g/mol. The Hall–Kier alpha value is -0.0400. The van der Waals surface area contributed by atoms with Gasteiger partial charge in [0.25, 0.3) is 0 Å². The van der Waals surface area contributed by atoms with Crippen molar-refractivity contribution in [2.45, 2.75) is 61.6 Å². The molecule has 1 aliphatic heterocycles. The summed E-state index contributed by atoms with van der Waals surface area (Å²) in [6.07, 6.45) is 0. The van der Waals surface area contributed by atoms with E-state index in [0.29, 0.717) is 0 Å². The van der Waals surface area contributed by atoms with Gasteiger partial charge in [-0.05, 0) is 32.2 Å². The molecular formula is C12H29N. The second-order valence-corrected chi connectivity index (χ2v) is 4.03. The highest BCUT2D eigenvalue weighted by molar-refractivity contribution is 4.91. The third-order valence-corrected chi connectivity index (χ3v) is 3.76. The van der Waals surface area contributed by atoms with Crippen molar-refractivity contribution in [2.75, 3.05) is 6.54 Å². The van der Waals surface area contributed by atoms with E-state index in [1.807, 2.05) is 0 Å². The minimum absolute atomic E-state index is 0. The zero-order chi connectivity index (χ0) is 8.59. The summed E-state index contributed by atoms with van der Waals surface area (Å²) in [6, 6.07) is 1.56. The Bertz CT molecular complexity index is 119. The van der Waals surface area contributed by atoms with E-state index in [1.165, 1.54) is 6.54 Å². The minimum Gasteiger partial charge on any atom is -0.298 e. The van der Waals surface area contributed by atoms with Crippen molar-refractivity contribution in [1.82, 2.24) is 4.90 Å². The Labute approximate surface area is 85.5 Å². The van der Waals surface area contributed by atoms with Gasteiger partial charge in [-0.2, -0.15) is 0 Å². The van der Waals surface area contributed by atoms with E-state index in [9.17, 15) is 0 Å². The first-order valence-electron chi connectivity index (χ1n) is 4.85. The predicted molar refractivity (Wildman–Crippen MR) is 63.1 cm³/mol. The van der Waals surface area contributed by atoms with Crippen LogP contribution < -0.4 is 0 Å². The molecule has 0 bridgehead atoms. The summed E-state index contributed by atoms with van der Waals surface area (Å²) in [7, 11) is 0. The van der Waals surface area contributed by atoms with Crippen molar-refractivity contribution in [1.29, 1.82) is 0 Å². The SMILES string of the molecule is C.C.CCN1[C@H](C)[C@H](C)[C@H](C)[C@@H]1C. The number of hydrogen-bond donors (Lipinski definition) is 0. The molecule has 0 unspecified atom stereocenters. The molecule has 82 valence electrons. The monoisotopic (exact) mass is 187 g/mol. The lowest BCUT2D eigenvalue weighted by Crippen LogP contribution is -2.34. The van der Waals surface area contributed by atoms with E-state index in [-0.39, 0.29) is 14.9 Å². The van der Waals surface area contributed by atoms with Crippen molar-refractivity contribution in [3.63, 3.8) is 0 Å². The maximum Gasteiger partial charge on any atom is 0.00984 e. The van der Waals surface area contributed by atoms with Gasteiger partial charge < -0.3 is 0 Å². The Morgan fingerprint density at radius 2 is 1.15 bits per heavy atom. The zero-order valence-electron chi connectivity index (χ0n) is 8.46. The summed E-state index contributed by atoms with van der Waals surface area (Å²) in [6.45, 7) is 12.9. The number of rotatable bonds is 1. The summed E-state index contributed by atoms with van der Waals surface area (Å²) in [5, 5.41) is 0. The highest BCUT2D eigenvalue weighted by Gasteiger charge is 2.37. The van der Waals surface area contributed by atoms with Gasteiger partial charge in [0.2, 0.25) is 0 Å². The van der Waals surface area contributed by atoms with E-state index < -0.39 is 0 Å². The van der Waals surface area contributed by atoms with Gasteiger partial charge in [0.15, 0.2) is 0 Å². The number of likely N-dealkylation sites (tertiary alicyclic amines) is 1. The highest BCUT2D eigenvalue weighted by atomic mass is 15.2. The van der Waals surface area contributed by atoms with Crippen LogP contribution in [0.2, 0.25) is 0 Å². The molecule has 1 heterocycles. The van der Waals surface area contributed by atoms with Gasteiger partial charge in [-0.3, -0.25) is 4.90 Å². The molecule has 1 aliphatic rings. The van der Waals surface area contributed by atoms with Crippen LogP contribution in [0, 0.1) is 11.8 Å². The summed E-state index contributed by atoms with van der Waals surface area (Å²) in [4.78, 5) is 2.61. The van der Waals surface area contributed by atoms with E-state index in [2.05, 4.69) is 39.5 Å². The van der Waals surface area contributed by atoms with Crippen molar-refractivity contribution in [3.05, 3.63) is 0 Å². The molecule has 1 saturated heterocycles. The standard InChI is InChI=1S/C10H21N.2CH4/c1-6-11-9(4)7(2)8(3)10(11)5;;/h7-10H,6H2,1-5H3;2*1H4/t7-,8+,9-,10+;;. The van der Waals surface area contributed by atoms with Gasteiger partial charge in [0.1, 0.15) is 0 Å². The van der Waals surface area contributed by atoms with Crippen molar-refractivity contribution >= 4 is 0 Å². The molecule has 0 radical (unpaired) electrons. The second-order valence-electron chi connectivity index (χ2n) is 4.03. The van der Waals surface area contributed by atoms with E-state index >= 15 is 0 Å². The molecule has 0 aromatic rings. The lowest BCUT2D eigenvalue weighted by Gasteiger charge is -2.25. The first kappa shape index (κ1) is 15.4. The molecule has 1 nitrogen and oxygen atoms in total. The number of hydrogen-bond acceptors (Lipinski definition) is 1. The molecule has 0 N–H and O–H groups in total. The van der Waals surface area contributed by atoms with Crippen LogP contribution in [0.3, 0.4) is 0 Å². The van der Waals surface area contributed by atoms with Crippen molar-refractivity contribution in [3.8, 4) is 0 Å². The third-order valence-electron chi connectivity index (χ3n) is 3.76. The molecule has 0 aromatic carbocycles. The van der Waals surface area contributed by atoms with Crippen LogP contribution in [0.4, 0.5) is 0 Å². The Morgan fingerprint density at radius 1 is 0.846 bits per heavy atom. The fraction of sp³-hybridized carbons (Fsp3) is 1.00. The molecule has 0 amide bonds. The lowest BCUT2D eigenvalue weighted by atomic mass is 9.92. The van der Waals surface area contributed by atoms with Crippen LogP contribution in [0.1, 0.15) is 49.5 Å². The quantitative estimate of drug-likeness (QED) is 0.606. The summed E-state index contributed by atoms with van der Waals surface area (Å²) < 4.78 is 0. The predicted octanol–water partition coefficient (Wildman–Crippen LogP) is 3.64. The lowest BCUT2D eigenvalue weighted by molar-refractivity contribution is 0.209. The first-order valence-corrected chi connectivity index (χ1v) is 4.85. The molecule has 0 aliphatic carbocycles. The van der Waals surface area contributed by atoms with E-state index in [1.54, 1.807) is 0 Å². The minimum atomic E-state index is 0. The largest absolute Gasteiger partial charge is 0.298 e. The normalized spacial score (nSPS) is 39.5. The van der Waals surface area contributed by atoms with Crippen LogP contribution in [-0.4, -0.2) is 23.5 Å². The van der Waals surface area contributed by atoms with Crippen LogP contribution in [0.15, 0.2) is 0 Å². The molecule has 13 heavy (non-hydrogen) atoms. The van der Waals surface area contributed by atoms with Gasteiger partial charge in [0.05, 0.1) is 0 Å². The fourth-order valence-corrected chi connectivity index (χ4v) is 2.43. The Kier molecular flexibility index (Phi) is 6.70. The topological polar surface area (TPSA) is 3.24 Å². The molecule has 0 aromatic heterocycles. The van der Waals surface area contributed by atoms with Crippen molar-refractivity contribution < 1.29 is 0 Å². The van der Waals surface area contributed by atoms with Crippen LogP contribution in [0.25, 0.3) is 0 Å². The molecule has 4 atom stereocenters. The van der Waals surface area contributed by atoms with Gasteiger partial charge >= 0.3 is 0 Å². The van der Waals surface area contributed by atoms with E-state index in [0.717, 1.165) is 23.9 Å². The van der Waals surface area contributed by atoms with Gasteiger partial charge in [-0.15, -0.1) is 0 Å². The summed E-state index contributed by atoms with van der Waals surface area (Å²) >= 11 is 0. The van der Waals surface area contributed by atoms with Gasteiger partial charge in [0, 0.05) is 12.1 Å². The van der Waals surface area contributed by atoms with Crippen molar-refractivity contribution in [2.24, 2.45) is 11.8 Å². The van der Waals surface area contributed by atoms with E-state index in [4.69, 9.17) is 0 Å². The van der Waals surface area contributed by atoms with Crippen LogP contribution in [0.5, 0.6) is 0 Å². The molecule has 0 spiro atoms. The second kappa shape index (κ2) is 5.64. The summed E-state index contributed by atoms with van der Waals surface area (Å²) in [5.74, 6) is 1.73. The molecule has 1 fully saturated rings. The van der Waals surface area contributed by atoms with Crippen LogP contribution in [-0.2, 0) is 0 Å². The van der Waals surface area contributed by atoms with Gasteiger partial charge in [-0.25, -0.2) is 0 Å². The molecule has 0 saturated carbocycles. The zero-order valence-corrected chi connectivity index (χ0v) is 8.46. The maximum atomic E-state index is 2.61. The third kappa shape index (κ3) is 2.46. The van der Waals surface area contributed by atoms with Crippen LogP contribution >= 0.6 is 0 Å². The number of nitrogens with zero attached hydrogens (tertiary/aromatic N) is 1. The van der Waals surface area contributed by atoms with Gasteiger partial charge in [-0.1, -0.05) is 35.6 Å². The average Bonchev–Trinajstić information content (AvgIpc) is 2.17. The first-order chi connectivity index (χ1) is 5.09. The fourth-order valence-electron chi connectivity index (χ4n) is 2.43.